The minimum absolute atomic E-state index is 0.0450. The Hall–Kier alpha value is -1.77. The summed E-state index contributed by atoms with van der Waals surface area (Å²) in [5, 5.41) is 2.82. The van der Waals surface area contributed by atoms with E-state index in [1.54, 1.807) is 7.11 Å². The Morgan fingerprint density at radius 2 is 2.27 bits per heavy atom. The standard InChI is InChI=1S/C12H13NO2/c1-3-5-9-8-6-4-7-10(15-2)11(8)13-12(9)14/h4-7H,3H2,1-2H3,(H,13,14)/b9-5-. The molecule has 0 aliphatic carbocycles. The van der Waals surface area contributed by atoms with Crippen LogP contribution in [0.5, 0.6) is 5.75 Å². The maximum Gasteiger partial charge on any atom is 0.256 e. The molecule has 15 heavy (non-hydrogen) atoms. The van der Waals surface area contributed by atoms with Gasteiger partial charge in [0.15, 0.2) is 0 Å². The van der Waals surface area contributed by atoms with Crippen molar-refractivity contribution in [2.24, 2.45) is 0 Å². The summed E-state index contributed by atoms with van der Waals surface area (Å²) in [5.74, 6) is 0.664. The molecule has 0 spiro atoms. The molecule has 0 saturated carbocycles. The van der Waals surface area contributed by atoms with Crippen LogP contribution in [0.4, 0.5) is 5.69 Å². The largest absolute Gasteiger partial charge is 0.495 e. The van der Waals surface area contributed by atoms with Gasteiger partial charge in [-0.25, -0.2) is 0 Å². The Morgan fingerprint density at radius 1 is 1.47 bits per heavy atom. The highest BCUT2D eigenvalue weighted by atomic mass is 16.5. The Balaban J connectivity index is 2.56. The third-order valence-electron chi connectivity index (χ3n) is 2.43. The summed E-state index contributed by atoms with van der Waals surface area (Å²) in [6.45, 7) is 2.01. The van der Waals surface area contributed by atoms with Crippen LogP contribution in [0.25, 0.3) is 5.57 Å². The molecule has 1 N–H and O–H groups in total. The number of hydrogen-bond acceptors (Lipinski definition) is 2. The SMILES string of the molecule is CC/C=C1\C(=O)Nc2c(OC)cccc21. The molecular formula is C12H13NO2. The molecule has 3 heteroatoms. The van der Waals surface area contributed by atoms with Gasteiger partial charge in [-0.1, -0.05) is 25.1 Å². The number of fused-ring (bicyclic) bond motifs is 1. The lowest BCUT2D eigenvalue weighted by molar-refractivity contribution is -0.110. The molecule has 0 unspecified atom stereocenters. The third-order valence-corrected chi connectivity index (χ3v) is 2.43. The summed E-state index contributed by atoms with van der Waals surface area (Å²) in [4.78, 5) is 11.7. The lowest BCUT2D eigenvalue weighted by Crippen LogP contribution is -2.04. The molecule has 0 fully saturated rings. The molecule has 1 aromatic carbocycles. The van der Waals surface area contributed by atoms with Crippen molar-refractivity contribution in [3.8, 4) is 5.75 Å². The monoisotopic (exact) mass is 203 g/mol. The predicted molar refractivity (Wildman–Crippen MR) is 59.9 cm³/mol. The first kappa shape index (κ1) is 9.77. The summed E-state index contributed by atoms with van der Waals surface area (Å²) in [5.41, 5.74) is 2.46. The minimum atomic E-state index is -0.0450. The third kappa shape index (κ3) is 1.50. The second-order valence-electron chi connectivity index (χ2n) is 3.36. The van der Waals surface area contributed by atoms with Crippen LogP contribution in [0.1, 0.15) is 18.9 Å². The van der Waals surface area contributed by atoms with Gasteiger partial charge in [-0.05, 0) is 12.5 Å². The Labute approximate surface area is 88.8 Å². The van der Waals surface area contributed by atoms with E-state index in [4.69, 9.17) is 4.74 Å². The lowest BCUT2D eigenvalue weighted by atomic mass is 10.1. The summed E-state index contributed by atoms with van der Waals surface area (Å²) in [6, 6.07) is 5.66. The highest BCUT2D eigenvalue weighted by Crippen LogP contribution is 2.38. The molecule has 78 valence electrons. The van der Waals surface area contributed by atoms with Crippen molar-refractivity contribution in [2.75, 3.05) is 12.4 Å². The van der Waals surface area contributed by atoms with Crippen LogP contribution in [-0.2, 0) is 4.79 Å². The molecule has 1 aliphatic rings. The molecule has 1 heterocycles. The number of nitrogens with one attached hydrogen (secondary N) is 1. The molecule has 2 rings (SSSR count). The zero-order chi connectivity index (χ0) is 10.8. The van der Waals surface area contributed by atoms with Gasteiger partial charge >= 0.3 is 0 Å². The van der Waals surface area contributed by atoms with E-state index in [0.29, 0.717) is 5.75 Å². The second kappa shape index (κ2) is 3.77. The first-order chi connectivity index (χ1) is 7.27. The average Bonchev–Trinajstić information content (AvgIpc) is 2.56. The fourth-order valence-electron chi connectivity index (χ4n) is 1.76. The van der Waals surface area contributed by atoms with Crippen molar-refractivity contribution in [3.05, 3.63) is 29.8 Å². The number of ether oxygens (including phenoxy) is 1. The Morgan fingerprint density at radius 3 is 2.93 bits per heavy atom. The van der Waals surface area contributed by atoms with Crippen molar-refractivity contribution in [3.63, 3.8) is 0 Å². The lowest BCUT2D eigenvalue weighted by Gasteiger charge is -2.04. The number of carbonyl (C=O) groups is 1. The number of para-hydroxylation sites is 1. The number of methoxy groups -OCH3 is 1. The number of anilines is 1. The summed E-state index contributed by atoms with van der Waals surface area (Å²) in [6.07, 6.45) is 2.78. The number of benzene rings is 1. The molecule has 0 radical (unpaired) electrons. The van der Waals surface area contributed by atoms with Crippen molar-refractivity contribution < 1.29 is 9.53 Å². The van der Waals surface area contributed by atoms with Gasteiger partial charge in [0.05, 0.1) is 12.8 Å². The van der Waals surface area contributed by atoms with E-state index in [9.17, 15) is 4.79 Å². The van der Waals surface area contributed by atoms with Crippen molar-refractivity contribution in [1.29, 1.82) is 0 Å². The van der Waals surface area contributed by atoms with Crippen molar-refractivity contribution in [1.82, 2.24) is 0 Å². The molecule has 3 nitrogen and oxygen atoms in total. The Bertz CT molecular complexity index is 435. The highest BCUT2D eigenvalue weighted by Gasteiger charge is 2.25. The molecule has 0 aromatic heterocycles. The molecule has 1 aromatic rings. The van der Waals surface area contributed by atoms with E-state index in [-0.39, 0.29) is 5.91 Å². The molecular weight excluding hydrogens is 190 g/mol. The summed E-state index contributed by atoms with van der Waals surface area (Å²) >= 11 is 0. The van der Waals surface area contributed by atoms with Crippen LogP contribution < -0.4 is 10.1 Å². The van der Waals surface area contributed by atoms with Gasteiger partial charge in [0.25, 0.3) is 5.91 Å². The zero-order valence-electron chi connectivity index (χ0n) is 8.83. The number of hydrogen-bond donors (Lipinski definition) is 1. The van der Waals surface area contributed by atoms with E-state index >= 15 is 0 Å². The van der Waals surface area contributed by atoms with Crippen molar-refractivity contribution >= 4 is 17.2 Å². The fourth-order valence-corrected chi connectivity index (χ4v) is 1.76. The molecule has 0 saturated heterocycles. The maximum atomic E-state index is 11.7. The van der Waals surface area contributed by atoms with E-state index in [1.807, 2.05) is 31.2 Å². The Kier molecular flexibility index (Phi) is 2.46. The van der Waals surface area contributed by atoms with Crippen molar-refractivity contribution in [2.45, 2.75) is 13.3 Å². The van der Waals surface area contributed by atoms with Gasteiger partial charge in [-0.2, -0.15) is 0 Å². The van der Waals surface area contributed by atoms with Crippen LogP contribution in [-0.4, -0.2) is 13.0 Å². The van der Waals surface area contributed by atoms with Gasteiger partial charge in [-0.15, -0.1) is 0 Å². The highest BCUT2D eigenvalue weighted by molar-refractivity contribution is 6.32. The van der Waals surface area contributed by atoms with E-state index in [0.717, 1.165) is 23.2 Å². The minimum Gasteiger partial charge on any atom is -0.495 e. The second-order valence-corrected chi connectivity index (χ2v) is 3.36. The molecule has 1 aliphatic heterocycles. The summed E-state index contributed by atoms with van der Waals surface area (Å²) in [7, 11) is 1.60. The first-order valence-corrected chi connectivity index (χ1v) is 4.96. The maximum absolute atomic E-state index is 11.7. The first-order valence-electron chi connectivity index (χ1n) is 4.96. The molecule has 1 amide bonds. The quantitative estimate of drug-likeness (QED) is 0.750. The van der Waals surface area contributed by atoms with Crippen LogP contribution >= 0.6 is 0 Å². The fraction of sp³-hybridized carbons (Fsp3) is 0.250. The normalized spacial score (nSPS) is 16.4. The van der Waals surface area contributed by atoms with Gasteiger partial charge in [0.1, 0.15) is 5.75 Å². The van der Waals surface area contributed by atoms with Crippen LogP contribution in [0.2, 0.25) is 0 Å². The number of carbonyl (C=O) groups excluding carboxylic acids is 1. The molecule has 0 atom stereocenters. The van der Waals surface area contributed by atoms with E-state index < -0.39 is 0 Å². The van der Waals surface area contributed by atoms with Crippen LogP contribution in [0, 0.1) is 0 Å². The van der Waals surface area contributed by atoms with Gasteiger partial charge in [-0.3, -0.25) is 4.79 Å². The van der Waals surface area contributed by atoms with E-state index in [2.05, 4.69) is 5.32 Å². The van der Waals surface area contributed by atoms with E-state index in [1.165, 1.54) is 0 Å². The van der Waals surface area contributed by atoms with Gasteiger partial charge in [0.2, 0.25) is 0 Å². The van der Waals surface area contributed by atoms with Gasteiger partial charge < -0.3 is 10.1 Å². The number of amides is 1. The van der Waals surface area contributed by atoms with Crippen LogP contribution in [0.15, 0.2) is 24.3 Å². The molecule has 0 bridgehead atoms. The average molecular weight is 203 g/mol. The predicted octanol–water partition coefficient (Wildman–Crippen LogP) is 2.44. The zero-order valence-corrected chi connectivity index (χ0v) is 8.83. The van der Waals surface area contributed by atoms with Gasteiger partial charge in [0, 0.05) is 11.1 Å². The topological polar surface area (TPSA) is 38.3 Å². The number of rotatable bonds is 2. The summed E-state index contributed by atoms with van der Waals surface area (Å²) < 4.78 is 5.19. The van der Waals surface area contributed by atoms with Crippen LogP contribution in [0.3, 0.4) is 0 Å². The number of allylic oxidation sites excluding steroid dienone is 1. The smallest absolute Gasteiger partial charge is 0.256 e.